The van der Waals surface area contributed by atoms with E-state index in [9.17, 15) is 5.11 Å². The molecule has 3 aliphatic rings. The van der Waals surface area contributed by atoms with Gasteiger partial charge >= 0.3 is 0 Å². The molecule has 0 aromatic carbocycles. The number of aliphatic hydroxyl groups excluding tert-OH is 1. The molecule has 7 nitrogen and oxygen atoms in total. The number of hydrogen-bond donors (Lipinski definition) is 1. The molecule has 0 saturated carbocycles. The van der Waals surface area contributed by atoms with Gasteiger partial charge < -0.3 is 14.7 Å². The molecule has 3 fully saturated rings. The summed E-state index contributed by atoms with van der Waals surface area (Å²) in [5.41, 5.74) is 0. The second kappa shape index (κ2) is 7.60. The van der Waals surface area contributed by atoms with Crippen molar-refractivity contribution >= 4 is 5.95 Å². The summed E-state index contributed by atoms with van der Waals surface area (Å²) in [5, 5.41) is 18.3. The Morgan fingerprint density at radius 2 is 1.96 bits per heavy atom. The van der Waals surface area contributed by atoms with Crippen LogP contribution in [-0.4, -0.2) is 70.3 Å². The molecule has 1 aromatic rings. The van der Waals surface area contributed by atoms with Crippen molar-refractivity contribution in [3.63, 3.8) is 0 Å². The first-order valence-corrected chi connectivity index (χ1v) is 9.82. The second-order valence-electron chi connectivity index (χ2n) is 7.92. The number of rotatable bonds is 4. The summed E-state index contributed by atoms with van der Waals surface area (Å²) in [6.07, 6.45) is 6.16. The number of aliphatic hydroxyl groups is 1. The van der Waals surface area contributed by atoms with E-state index >= 15 is 0 Å². The van der Waals surface area contributed by atoms with Crippen LogP contribution < -0.4 is 4.90 Å². The number of anilines is 1. The van der Waals surface area contributed by atoms with Gasteiger partial charge in [0.25, 0.3) is 0 Å². The molecule has 7 heteroatoms. The first kappa shape index (κ1) is 17.2. The standard InChI is InChI=1S/C18H31N5O2/c1-21-17(12-22-7-4-14(13-24)5-8-22)19-20-18(21)23-9-6-16-15(11-23)3-2-10-25-16/h14-16,24H,2-13H2,1H3. The third-order valence-corrected chi connectivity index (χ3v) is 6.27. The first-order valence-electron chi connectivity index (χ1n) is 9.82. The highest BCUT2D eigenvalue weighted by Crippen LogP contribution is 2.30. The topological polar surface area (TPSA) is 66.7 Å². The summed E-state index contributed by atoms with van der Waals surface area (Å²) >= 11 is 0. The fourth-order valence-corrected chi connectivity index (χ4v) is 4.56. The van der Waals surface area contributed by atoms with Crippen molar-refractivity contribution in [1.82, 2.24) is 19.7 Å². The Morgan fingerprint density at radius 1 is 1.12 bits per heavy atom. The third kappa shape index (κ3) is 3.68. The molecule has 1 N–H and O–H groups in total. The first-order chi connectivity index (χ1) is 12.2. The number of ether oxygens (including phenoxy) is 1. The fourth-order valence-electron chi connectivity index (χ4n) is 4.56. The lowest BCUT2D eigenvalue weighted by Crippen LogP contribution is -2.47. The van der Waals surface area contributed by atoms with Crippen LogP contribution in [0, 0.1) is 11.8 Å². The highest BCUT2D eigenvalue weighted by atomic mass is 16.5. The zero-order chi connectivity index (χ0) is 17.2. The van der Waals surface area contributed by atoms with Crippen molar-refractivity contribution in [2.24, 2.45) is 18.9 Å². The van der Waals surface area contributed by atoms with E-state index in [1.807, 2.05) is 0 Å². The predicted octanol–water partition coefficient (Wildman–Crippen LogP) is 1.02. The van der Waals surface area contributed by atoms with E-state index in [4.69, 9.17) is 4.74 Å². The minimum Gasteiger partial charge on any atom is -0.396 e. The van der Waals surface area contributed by atoms with Crippen molar-refractivity contribution in [2.75, 3.05) is 44.3 Å². The summed E-state index contributed by atoms with van der Waals surface area (Å²) < 4.78 is 8.09. The third-order valence-electron chi connectivity index (χ3n) is 6.27. The van der Waals surface area contributed by atoms with E-state index in [0.29, 0.717) is 24.5 Å². The van der Waals surface area contributed by atoms with Crippen molar-refractivity contribution < 1.29 is 9.84 Å². The maximum Gasteiger partial charge on any atom is 0.227 e. The predicted molar refractivity (Wildman–Crippen MR) is 95.4 cm³/mol. The molecule has 0 spiro atoms. The normalized spacial score (nSPS) is 29.0. The van der Waals surface area contributed by atoms with Crippen LogP contribution in [0.15, 0.2) is 0 Å². The van der Waals surface area contributed by atoms with Crippen LogP contribution in [0.5, 0.6) is 0 Å². The molecule has 0 bridgehead atoms. The molecule has 1 aromatic heterocycles. The van der Waals surface area contributed by atoms with Crippen LogP contribution in [0.4, 0.5) is 5.95 Å². The SMILES string of the molecule is Cn1c(CN2CCC(CO)CC2)nnc1N1CCC2OCCCC2C1. The van der Waals surface area contributed by atoms with E-state index in [0.717, 1.165) is 70.4 Å². The van der Waals surface area contributed by atoms with Gasteiger partial charge in [0, 0.05) is 39.3 Å². The lowest BCUT2D eigenvalue weighted by atomic mass is 9.89. The minimum atomic E-state index is 0.322. The van der Waals surface area contributed by atoms with E-state index < -0.39 is 0 Å². The van der Waals surface area contributed by atoms with Gasteiger partial charge in [0.2, 0.25) is 5.95 Å². The van der Waals surface area contributed by atoms with Gasteiger partial charge in [-0.15, -0.1) is 10.2 Å². The number of piperidine rings is 2. The Balaban J connectivity index is 1.38. The Bertz CT molecular complexity index is 570. The van der Waals surface area contributed by atoms with Crippen LogP contribution >= 0.6 is 0 Å². The van der Waals surface area contributed by atoms with Gasteiger partial charge in [-0.25, -0.2) is 0 Å². The van der Waals surface area contributed by atoms with Gasteiger partial charge in [-0.2, -0.15) is 0 Å². The van der Waals surface area contributed by atoms with Crippen LogP contribution in [0.1, 0.15) is 37.9 Å². The lowest BCUT2D eigenvalue weighted by molar-refractivity contribution is -0.0359. The summed E-state index contributed by atoms with van der Waals surface area (Å²) in [6.45, 7) is 6.24. The van der Waals surface area contributed by atoms with Gasteiger partial charge in [-0.3, -0.25) is 9.47 Å². The average molecular weight is 349 g/mol. The summed E-state index contributed by atoms with van der Waals surface area (Å²) in [6, 6.07) is 0. The highest BCUT2D eigenvalue weighted by molar-refractivity contribution is 5.32. The Kier molecular flexibility index (Phi) is 5.24. The molecule has 3 aliphatic heterocycles. The molecule has 4 heterocycles. The highest BCUT2D eigenvalue weighted by Gasteiger charge is 2.33. The van der Waals surface area contributed by atoms with Crippen LogP contribution in [0.3, 0.4) is 0 Å². The fraction of sp³-hybridized carbons (Fsp3) is 0.889. The number of fused-ring (bicyclic) bond motifs is 1. The molecular formula is C18H31N5O2. The molecule has 4 rings (SSSR count). The maximum absolute atomic E-state index is 9.28. The van der Waals surface area contributed by atoms with Crippen LogP contribution in [0.2, 0.25) is 0 Å². The average Bonchev–Trinajstić information content (AvgIpc) is 3.02. The maximum atomic E-state index is 9.28. The number of nitrogens with zero attached hydrogens (tertiary/aromatic N) is 5. The summed E-state index contributed by atoms with van der Waals surface area (Å²) in [7, 11) is 2.09. The van der Waals surface area contributed by atoms with E-state index in [-0.39, 0.29) is 0 Å². The molecule has 2 atom stereocenters. The second-order valence-corrected chi connectivity index (χ2v) is 7.92. The number of aromatic nitrogens is 3. The van der Waals surface area contributed by atoms with E-state index in [1.54, 1.807) is 0 Å². The Hall–Kier alpha value is -1.18. The van der Waals surface area contributed by atoms with Crippen molar-refractivity contribution in [3.8, 4) is 0 Å². The quantitative estimate of drug-likeness (QED) is 0.876. The molecular weight excluding hydrogens is 318 g/mol. The smallest absolute Gasteiger partial charge is 0.227 e. The van der Waals surface area contributed by atoms with Crippen LogP contribution in [0.25, 0.3) is 0 Å². The molecule has 0 radical (unpaired) electrons. The molecule has 140 valence electrons. The van der Waals surface area contributed by atoms with Crippen molar-refractivity contribution in [2.45, 2.75) is 44.8 Å². The minimum absolute atomic E-state index is 0.322. The molecule has 25 heavy (non-hydrogen) atoms. The molecule has 0 amide bonds. The number of likely N-dealkylation sites (tertiary alicyclic amines) is 1. The Labute approximate surface area is 150 Å². The molecule has 3 saturated heterocycles. The van der Waals surface area contributed by atoms with Crippen LogP contribution in [-0.2, 0) is 18.3 Å². The monoisotopic (exact) mass is 349 g/mol. The van der Waals surface area contributed by atoms with Gasteiger partial charge in [-0.05, 0) is 51.1 Å². The van der Waals surface area contributed by atoms with Crippen molar-refractivity contribution in [1.29, 1.82) is 0 Å². The van der Waals surface area contributed by atoms with Gasteiger partial charge in [-0.1, -0.05) is 0 Å². The number of hydrogen-bond acceptors (Lipinski definition) is 6. The van der Waals surface area contributed by atoms with E-state index in [2.05, 4.69) is 31.6 Å². The van der Waals surface area contributed by atoms with Gasteiger partial charge in [0.05, 0.1) is 12.6 Å². The van der Waals surface area contributed by atoms with Gasteiger partial charge in [0.15, 0.2) is 0 Å². The lowest BCUT2D eigenvalue weighted by Gasteiger charge is -2.41. The summed E-state index contributed by atoms with van der Waals surface area (Å²) in [4.78, 5) is 4.82. The van der Waals surface area contributed by atoms with Gasteiger partial charge in [0.1, 0.15) is 5.82 Å². The van der Waals surface area contributed by atoms with E-state index in [1.165, 1.54) is 12.8 Å². The summed E-state index contributed by atoms with van der Waals surface area (Å²) in [5.74, 6) is 3.16. The van der Waals surface area contributed by atoms with Crippen molar-refractivity contribution in [3.05, 3.63) is 5.82 Å². The Morgan fingerprint density at radius 3 is 2.76 bits per heavy atom. The molecule has 0 aliphatic carbocycles. The zero-order valence-electron chi connectivity index (χ0n) is 15.3. The zero-order valence-corrected chi connectivity index (χ0v) is 15.3. The molecule has 2 unspecified atom stereocenters. The largest absolute Gasteiger partial charge is 0.396 e.